The second-order valence-corrected chi connectivity index (χ2v) is 13.0. The van der Waals surface area contributed by atoms with E-state index in [4.69, 9.17) is 9.72 Å². The number of fused-ring (bicyclic) bond motifs is 1. The van der Waals surface area contributed by atoms with Crippen molar-refractivity contribution in [3.8, 4) is 0 Å². The van der Waals surface area contributed by atoms with Crippen LogP contribution in [0.1, 0.15) is 48.8 Å². The van der Waals surface area contributed by atoms with Crippen LogP contribution in [0.4, 0.5) is 11.6 Å². The molecule has 41 heavy (non-hydrogen) atoms. The number of nitrogens with one attached hydrogen (secondary N) is 2. The van der Waals surface area contributed by atoms with E-state index >= 15 is 0 Å². The van der Waals surface area contributed by atoms with Gasteiger partial charge in [-0.15, -0.1) is 0 Å². The number of imidazole rings is 1. The maximum atomic E-state index is 10.9. The Kier molecular flexibility index (Phi) is 11.0. The van der Waals surface area contributed by atoms with E-state index in [-0.39, 0.29) is 18.6 Å². The van der Waals surface area contributed by atoms with Crippen molar-refractivity contribution in [2.24, 2.45) is 5.92 Å². The van der Waals surface area contributed by atoms with Crippen molar-refractivity contribution in [1.29, 1.82) is 0 Å². The molecule has 2 fully saturated rings. The van der Waals surface area contributed by atoms with E-state index in [0.717, 1.165) is 107 Å². The molecule has 1 saturated carbocycles. The number of morpholine rings is 1. The maximum absolute atomic E-state index is 10.9. The zero-order valence-electron chi connectivity index (χ0n) is 24.3. The first-order valence-electron chi connectivity index (χ1n) is 15.3. The Labute approximate surface area is 252 Å². The molecule has 224 valence electrons. The lowest BCUT2D eigenvalue weighted by Crippen LogP contribution is -2.37. The van der Waals surface area contributed by atoms with Crippen LogP contribution in [0.3, 0.4) is 0 Å². The van der Waals surface area contributed by atoms with Gasteiger partial charge in [0.1, 0.15) is 0 Å². The van der Waals surface area contributed by atoms with Gasteiger partial charge in [0.15, 0.2) is 0 Å². The third kappa shape index (κ3) is 8.23. The predicted octanol–water partition coefficient (Wildman–Crippen LogP) is 4.94. The third-order valence-corrected chi connectivity index (χ3v) is 9.33. The highest BCUT2D eigenvalue weighted by Gasteiger charge is 2.29. The summed E-state index contributed by atoms with van der Waals surface area (Å²) in [7, 11) is 0. The molecular formula is C32H46BrN5O3. The zero-order valence-corrected chi connectivity index (χ0v) is 25.9. The average molecular weight is 629 g/mol. The summed E-state index contributed by atoms with van der Waals surface area (Å²) in [5, 5.41) is 27.5. The molecule has 3 aromatic rings. The van der Waals surface area contributed by atoms with E-state index in [1.807, 2.05) is 0 Å². The van der Waals surface area contributed by atoms with Gasteiger partial charge in [0.2, 0.25) is 5.95 Å². The van der Waals surface area contributed by atoms with E-state index in [9.17, 15) is 10.2 Å². The van der Waals surface area contributed by atoms with Gasteiger partial charge < -0.3 is 30.2 Å². The Bertz CT molecular complexity index is 1260. The second-order valence-electron chi connectivity index (χ2n) is 11.7. The van der Waals surface area contributed by atoms with Gasteiger partial charge in [-0.25, -0.2) is 4.98 Å². The van der Waals surface area contributed by atoms with Crippen LogP contribution in [0.15, 0.2) is 36.4 Å². The Balaban J connectivity index is 1.33. The topological polar surface area (TPSA) is 94.8 Å². The molecule has 1 aromatic heterocycles. The highest BCUT2D eigenvalue weighted by atomic mass is 79.9. The fraction of sp³-hybridized carbons (Fsp3) is 0.594. The number of hydrogen-bond acceptors (Lipinski definition) is 7. The smallest absolute Gasteiger partial charge is 0.203 e. The minimum atomic E-state index is -0.293. The fourth-order valence-electron chi connectivity index (χ4n) is 6.09. The Morgan fingerprint density at radius 3 is 2.76 bits per heavy atom. The predicted molar refractivity (Wildman–Crippen MR) is 170 cm³/mol. The maximum Gasteiger partial charge on any atom is 0.203 e. The lowest BCUT2D eigenvalue weighted by molar-refractivity contribution is 0.0378. The highest BCUT2D eigenvalue weighted by molar-refractivity contribution is 9.09. The van der Waals surface area contributed by atoms with Gasteiger partial charge in [-0.2, -0.15) is 0 Å². The lowest BCUT2D eigenvalue weighted by atomic mass is 9.86. The highest BCUT2D eigenvalue weighted by Crippen LogP contribution is 2.33. The number of benzene rings is 2. The number of rotatable bonds is 13. The lowest BCUT2D eigenvalue weighted by Gasteiger charge is -2.31. The molecule has 1 saturated heterocycles. The van der Waals surface area contributed by atoms with Crippen LogP contribution in [0.25, 0.3) is 11.0 Å². The molecule has 5 rings (SSSR count). The molecule has 2 heterocycles. The van der Waals surface area contributed by atoms with Crippen LogP contribution in [-0.4, -0.2) is 81.6 Å². The van der Waals surface area contributed by atoms with Crippen molar-refractivity contribution >= 4 is 38.6 Å². The molecule has 0 amide bonds. The van der Waals surface area contributed by atoms with Crippen molar-refractivity contribution in [2.45, 2.75) is 69.5 Å². The van der Waals surface area contributed by atoms with Gasteiger partial charge in [0.05, 0.1) is 30.4 Å². The van der Waals surface area contributed by atoms with Crippen molar-refractivity contribution < 1.29 is 14.9 Å². The number of aliphatic hydroxyl groups excluding tert-OH is 2. The van der Waals surface area contributed by atoms with E-state index in [2.05, 4.69) is 79.4 Å². The molecule has 3 atom stereocenters. The molecule has 9 heteroatoms. The fourth-order valence-corrected chi connectivity index (χ4v) is 6.83. The molecular weight excluding hydrogens is 582 g/mol. The first-order valence-corrected chi connectivity index (χ1v) is 16.2. The normalized spacial score (nSPS) is 21.8. The number of anilines is 2. The molecule has 0 radical (unpaired) electrons. The third-order valence-electron chi connectivity index (χ3n) is 8.50. The summed E-state index contributed by atoms with van der Waals surface area (Å²) in [6, 6.07) is 13.0. The summed E-state index contributed by atoms with van der Waals surface area (Å²) >= 11 is 3.81. The number of hydrogen-bond donors (Lipinski definition) is 4. The van der Waals surface area contributed by atoms with Crippen LogP contribution in [0.5, 0.6) is 0 Å². The molecule has 2 aliphatic rings. The van der Waals surface area contributed by atoms with Crippen LogP contribution in [0, 0.1) is 12.8 Å². The quantitative estimate of drug-likeness (QED) is 0.157. The van der Waals surface area contributed by atoms with Crippen molar-refractivity contribution in [3.05, 3.63) is 53.1 Å². The van der Waals surface area contributed by atoms with Gasteiger partial charge in [-0.05, 0) is 86.9 Å². The first-order chi connectivity index (χ1) is 20.0. The first kappa shape index (κ1) is 30.3. The van der Waals surface area contributed by atoms with E-state index in [1.165, 1.54) is 16.7 Å². The minimum absolute atomic E-state index is 0.183. The van der Waals surface area contributed by atoms with Gasteiger partial charge in [-0.1, -0.05) is 34.1 Å². The number of nitrogens with zero attached hydrogens (tertiary/aromatic N) is 3. The number of alkyl halides is 1. The van der Waals surface area contributed by atoms with E-state index in [1.54, 1.807) is 0 Å². The molecule has 1 aliphatic heterocycles. The minimum Gasteiger partial charge on any atom is -0.396 e. The number of ether oxygens (including phenoxy) is 1. The van der Waals surface area contributed by atoms with E-state index < -0.39 is 0 Å². The number of aromatic nitrogens is 2. The van der Waals surface area contributed by atoms with Crippen molar-refractivity contribution in [1.82, 2.24) is 14.5 Å². The Hall–Kier alpha value is -2.17. The molecule has 1 aliphatic carbocycles. The Morgan fingerprint density at radius 1 is 1.07 bits per heavy atom. The van der Waals surface area contributed by atoms with Crippen LogP contribution in [0.2, 0.25) is 0 Å². The van der Waals surface area contributed by atoms with Gasteiger partial charge in [0.25, 0.3) is 0 Å². The molecule has 8 nitrogen and oxygen atoms in total. The van der Waals surface area contributed by atoms with Gasteiger partial charge in [-0.3, -0.25) is 4.90 Å². The molecule has 4 N–H and O–H groups in total. The van der Waals surface area contributed by atoms with Crippen molar-refractivity contribution in [2.75, 3.05) is 56.6 Å². The number of aliphatic hydroxyl groups is 2. The zero-order chi connectivity index (χ0) is 28.6. The van der Waals surface area contributed by atoms with Crippen molar-refractivity contribution in [3.63, 3.8) is 0 Å². The van der Waals surface area contributed by atoms with Gasteiger partial charge in [0, 0.05) is 55.8 Å². The molecule has 2 aromatic carbocycles. The standard InChI is InChI=1S/C32H46BrN5O3/c1-23-5-7-25(4-2-15-39)29(18-23)35-21-24-6-9-28-30(19-24)38(22-26-20-27(33)8-10-31(26)40)32(36-28)34-11-3-12-37-13-16-41-17-14-37/h5-7,9,18-19,26-27,31,35,39-40H,2-4,8,10-17,20-22H2,1H3,(H,34,36)/t26?,27?,31-/m0/s1. The van der Waals surface area contributed by atoms with Crippen LogP contribution < -0.4 is 10.6 Å². The second kappa shape index (κ2) is 14.8. The summed E-state index contributed by atoms with van der Waals surface area (Å²) in [5.74, 6) is 1.07. The summed E-state index contributed by atoms with van der Waals surface area (Å²) in [5.41, 5.74) is 6.85. The summed E-state index contributed by atoms with van der Waals surface area (Å²) in [6.07, 6.45) is 5.17. The molecule has 0 spiro atoms. The summed E-state index contributed by atoms with van der Waals surface area (Å²) in [4.78, 5) is 7.92. The van der Waals surface area contributed by atoms with E-state index in [0.29, 0.717) is 11.4 Å². The Morgan fingerprint density at radius 2 is 1.93 bits per heavy atom. The van der Waals surface area contributed by atoms with Gasteiger partial charge >= 0.3 is 0 Å². The van der Waals surface area contributed by atoms with Crippen LogP contribution >= 0.6 is 15.9 Å². The molecule has 0 bridgehead atoms. The average Bonchev–Trinajstić information content (AvgIpc) is 3.32. The largest absolute Gasteiger partial charge is 0.396 e. The monoisotopic (exact) mass is 627 g/mol. The number of halogens is 1. The molecule has 2 unspecified atom stereocenters. The number of aryl methyl sites for hydroxylation is 2. The summed E-state index contributed by atoms with van der Waals surface area (Å²) < 4.78 is 7.78. The van der Waals surface area contributed by atoms with Crippen LogP contribution in [-0.2, 0) is 24.2 Å². The SMILES string of the molecule is Cc1ccc(CCCO)c(NCc2ccc3nc(NCCCN4CCOCC4)n(CC4CC(Br)CC[C@@H]4O)c3c2)c1. The summed E-state index contributed by atoms with van der Waals surface area (Å²) in [6.45, 7) is 9.33.